The van der Waals surface area contributed by atoms with Gasteiger partial charge in [-0.05, 0) is 62.7 Å². The van der Waals surface area contributed by atoms with Gasteiger partial charge in [-0.1, -0.05) is 23.7 Å². The Hall–Kier alpha value is -3.89. The average molecular weight is 536 g/mol. The second kappa shape index (κ2) is 11.7. The fourth-order valence-electron chi connectivity index (χ4n) is 4.63. The number of para-hydroxylation sites is 1. The number of hydrogen-bond donors (Lipinski definition) is 3. The van der Waals surface area contributed by atoms with Crippen molar-refractivity contribution in [1.82, 2.24) is 20.2 Å². The monoisotopic (exact) mass is 535 g/mol. The van der Waals surface area contributed by atoms with Gasteiger partial charge in [0.15, 0.2) is 5.82 Å². The molecule has 2 amide bonds. The second-order valence-electron chi connectivity index (χ2n) is 9.18. The Bertz CT molecular complexity index is 1330. The highest BCUT2D eigenvalue weighted by molar-refractivity contribution is 6.33. The summed E-state index contributed by atoms with van der Waals surface area (Å²) in [6.07, 6.45) is 4.52. The van der Waals surface area contributed by atoms with Crippen LogP contribution in [0.4, 0.5) is 28.8 Å². The van der Waals surface area contributed by atoms with Crippen LogP contribution in [-0.2, 0) is 4.79 Å². The molecular formula is C27H30ClN7O3. The molecule has 3 N–H and O–H groups in total. The van der Waals surface area contributed by atoms with Crippen molar-refractivity contribution >= 4 is 52.2 Å². The van der Waals surface area contributed by atoms with E-state index in [0.29, 0.717) is 59.2 Å². The molecule has 1 saturated heterocycles. The number of rotatable bonds is 7. The third-order valence-corrected chi connectivity index (χ3v) is 6.82. The number of fused-ring (bicyclic) bond motifs is 1. The highest BCUT2D eigenvalue weighted by atomic mass is 35.5. The summed E-state index contributed by atoms with van der Waals surface area (Å²) in [6.45, 7) is 3.48. The minimum atomic E-state index is -0.229. The summed E-state index contributed by atoms with van der Waals surface area (Å²) >= 11 is 6.37. The van der Waals surface area contributed by atoms with Crippen molar-refractivity contribution < 1.29 is 14.3 Å². The molecule has 1 aromatic heterocycles. The molecule has 0 spiro atoms. The van der Waals surface area contributed by atoms with Crippen LogP contribution in [0.15, 0.2) is 48.7 Å². The van der Waals surface area contributed by atoms with Crippen molar-refractivity contribution in [2.24, 2.45) is 0 Å². The minimum Gasteiger partial charge on any atom is -0.491 e. The number of likely N-dealkylation sites (tertiary alicyclic amines) is 1. The van der Waals surface area contributed by atoms with Gasteiger partial charge in [-0.25, -0.2) is 4.98 Å². The number of carbonyl (C=O) groups is 2. The molecule has 2 aromatic carbocycles. The van der Waals surface area contributed by atoms with Crippen LogP contribution in [0.25, 0.3) is 0 Å². The maximum absolute atomic E-state index is 13.2. The molecule has 11 heteroatoms. The first-order valence-corrected chi connectivity index (χ1v) is 13.1. The second-order valence-corrected chi connectivity index (χ2v) is 9.59. The van der Waals surface area contributed by atoms with E-state index >= 15 is 0 Å². The van der Waals surface area contributed by atoms with Gasteiger partial charge in [0, 0.05) is 19.3 Å². The van der Waals surface area contributed by atoms with Crippen molar-refractivity contribution in [3.05, 3.63) is 59.2 Å². The van der Waals surface area contributed by atoms with Crippen molar-refractivity contribution in [3.8, 4) is 5.75 Å². The molecule has 1 fully saturated rings. The SMILES string of the molecule is CNC(=O)c1ccccc1Nc1nc(Nc2ccc3c(c2)N(C(=O)CN2CCCC2)CCCO3)ncc1Cl. The summed E-state index contributed by atoms with van der Waals surface area (Å²) in [5.41, 5.74) is 2.45. The Morgan fingerprint density at radius 2 is 1.87 bits per heavy atom. The molecule has 2 aliphatic rings. The molecule has 0 bridgehead atoms. The van der Waals surface area contributed by atoms with Gasteiger partial charge >= 0.3 is 0 Å². The first-order valence-electron chi connectivity index (χ1n) is 12.7. The predicted molar refractivity (Wildman–Crippen MR) is 148 cm³/mol. The number of amides is 2. The molecule has 38 heavy (non-hydrogen) atoms. The van der Waals surface area contributed by atoms with Gasteiger partial charge in [0.05, 0.1) is 36.3 Å². The molecule has 0 atom stereocenters. The first-order chi connectivity index (χ1) is 18.5. The average Bonchev–Trinajstić information content (AvgIpc) is 3.34. The molecule has 10 nitrogen and oxygen atoms in total. The predicted octanol–water partition coefficient (Wildman–Crippen LogP) is 4.19. The Morgan fingerprint density at radius 3 is 2.68 bits per heavy atom. The zero-order valence-corrected chi connectivity index (χ0v) is 21.9. The third kappa shape index (κ3) is 5.81. The summed E-state index contributed by atoms with van der Waals surface area (Å²) < 4.78 is 5.92. The summed E-state index contributed by atoms with van der Waals surface area (Å²) in [5, 5.41) is 9.27. The zero-order chi connectivity index (χ0) is 26.5. The summed E-state index contributed by atoms with van der Waals surface area (Å²) in [5.74, 6) is 1.17. The fraction of sp³-hybridized carbons (Fsp3) is 0.333. The zero-order valence-electron chi connectivity index (χ0n) is 21.2. The molecule has 5 rings (SSSR count). The quantitative estimate of drug-likeness (QED) is 0.413. The molecule has 3 heterocycles. The Balaban J connectivity index is 1.37. The van der Waals surface area contributed by atoms with Crippen molar-refractivity contribution in [2.45, 2.75) is 19.3 Å². The van der Waals surface area contributed by atoms with Gasteiger partial charge in [-0.15, -0.1) is 0 Å². The van der Waals surface area contributed by atoms with Crippen molar-refractivity contribution in [2.75, 3.05) is 55.4 Å². The lowest BCUT2D eigenvalue weighted by Crippen LogP contribution is -2.39. The van der Waals surface area contributed by atoms with Crippen molar-refractivity contribution in [3.63, 3.8) is 0 Å². The smallest absolute Gasteiger partial charge is 0.253 e. The standard InChI is InChI=1S/C27H30ClN7O3/c1-29-26(37)19-7-2-3-8-21(19)32-25-20(28)16-30-27(33-25)31-18-9-10-23-22(15-18)35(13-6-14-38-23)24(36)17-34-11-4-5-12-34/h2-3,7-10,15-16H,4-6,11-14,17H2,1H3,(H,29,37)(H2,30,31,32,33). The molecule has 2 aliphatic heterocycles. The normalized spacial score (nSPS) is 15.3. The van der Waals surface area contributed by atoms with E-state index in [2.05, 4.69) is 30.8 Å². The van der Waals surface area contributed by atoms with Crippen molar-refractivity contribution in [1.29, 1.82) is 0 Å². The largest absolute Gasteiger partial charge is 0.491 e. The minimum absolute atomic E-state index is 0.0693. The van der Waals surface area contributed by atoms with E-state index in [1.807, 2.05) is 29.2 Å². The Morgan fingerprint density at radius 1 is 1.05 bits per heavy atom. The molecule has 198 valence electrons. The van der Waals surface area contributed by atoms with Gasteiger partial charge in [-0.3, -0.25) is 14.5 Å². The number of nitrogens with one attached hydrogen (secondary N) is 3. The fourth-order valence-corrected chi connectivity index (χ4v) is 4.76. The van der Waals surface area contributed by atoms with E-state index < -0.39 is 0 Å². The van der Waals surface area contributed by atoms with E-state index in [4.69, 9.17) is 16.3 Å². The number of carbonyl (C=O) groups excluding carboxylic acids is 2. The maximum Gasteiger partial charge on any atom is 0.253 e. The number of benzene rings is 2. The molecule has 0 unspecified atom stereocenters. The number of ether oxygens (including phenoxy) is 1. The van der Waals surface area contributed by atoms with Crippen LogP contribution >= 0.6 is 11.6 Å². The van der Waals surface area contributed by atoms with Crippen LogP contribution < -0.4 is 25.6 Å². The van der Waals surface area contributed by atoms with Crippen LogP contribution in [0.3, 0.4) is 0 Å². The molecule has 0 radical (unpaired) electrons. The van der Waals surface area contributed by atoms with Crippen LogP contribution in [0, 0.1) is 0 Å². The summed E-state index contributed by atoms with van der Waals surface area (Å²) in [6, 6.07) is 12.7. The van der Waals surface area contributed by atoms with Gasteiger partial charge in [0.2, 0.25) is 11.9 Å². The maximum atomic E-state index is 13.2. The highest BCUT2D eigenvalue weighted by Crippen LogP contribution is 2.35. The topological polar surface area (TPSA) is 112 Å². The lowest BCUT2D eigenvalue weighted by atomic mass is 10.1. The number of halogens is 1. The van der Waals surface area contributed by atoms with E-state index in [9.17, 15) is 9.59 Å². The van der Waals surface area contributed by atoms with Gasteiger partial charge in [0.1, 0.15) is 10.8 Å². The van der Waals surface area contributed by atoms with Crippen LogP contribution in [0.5, 0.6) is 5.75 Å². The summed E-state index contributed by atoms with van der Waals surface area (Å²) in [4.78, 5) is 38.3. The molecular weight excluding hydrogens is 506 g/mol. The van der Waals surface area contributed by atoms with Crippen LogP contribution in [-0.4, -0.2) is 66.5 Å². The molecule has 3 aromatic rings. The first kappa shape index (κ1) is 25.7. The number of aromatic nitrogens is 2. The highest BCUT2D eigenvalue weighted by Gasteiger charge is 2.25. The Labute approximate surface area is 226 Å². The van der Waals surface area contributed by atoms with E-state index in [0.717, 1.165) is 38.0 Å². The van der Waals surface area contributed by atoms with Crippen LogP contribution in [0.2, 0.25) is 5.02 Å². The lowest BCUT2D eigenvalue weighted by Gasteiger charge is -2.25. The number of hydrogen-bond acceptors (Lipinski definition) is 8. The molecule has 0 saturated carbocycles. The van der Waals surface area contributed by atoms with Gasteiger partial charge in [-0.2, -0.15) is 4.98 Å². The Kier molecular flexibility index (Phi) is 7.90. The lowest BCUT2D eigenvalue weighted by molar-refractivity contribution is -0.119. The number of anilines is 5. The third-order valence-electron chi connectivity index (χ3n) is 6.54. The van der Waals surface area contributed by atoms with E-state index in [-0.39, 0.29) is 11.8 Å². The summed E-state index contributed by atoms with van der Waals surface area (Å²) in [7, 11) is 1.57. The number of nitrogens with zero attached hydrogens (tertiary/aromatic N) is 4. The molecule has 0 aliphatic carbocycles. The van der Waals surface area contributed by atoms with E-state index in [1.165, 1.54) is 6.20 Å². The van der Waals surface area contributed by atoms with Gasteiger partial charge in [0.25, 0.3) is 5.91 Å². The van der Waals surface area contributed by atoms with E-state index in [1.54, 1.807) is 25.2 Å². The van der Waals surface area contributed by atoms with Gasteiger partial charge < -0.3 is 25.6 Å². The van der Waals surface area contributed by atoms with Crippen LogP contribution in [0.1, 0.15) is 29.6 Å².